The Morgan fingerprint density at radius 2 is 0.714 bits per heavy atom. The van der Waals surface area contributed by atoms with Gasteiger partial charge in [-0.25, -0.2) is 4.79 Å². The molecular formula is C94H169INNaO26Si3. The van der Waals surface area contributed by atoms with Gasteiger partial charge in [0.15, 0.2) is 16.6 Å². The SMILES string of the molecule is CC(=O)C1(C)CCC(O[Si](C)(C)C(C)(C)C)CC1.CC(=O)C1CCC(O)CC1.CC(=O)C1CCC(O[Si](C)(C)C(C)(C)C)CC1.CI.COC(=O)C1(C)CCC(O)CC1.COC(=O)C1(C)CCC(O)CC1.COC(=O)C1(C)CCC(OC(=O)c2ccc([N+](=O)[O-])cc2)CC1.COC(=O)C1(C)CCC(OCOCC[Si](C)(C)C)CC1.O=C(O)C1CCC(O)CC1.[Na+].[OH-]. The van der Waals surface area contributed by atoms with Crippen LogP contribution in [0.1, 0.15) is 313 Å². The molecule has 0 aromatic heterocycles. The summed E-state index contributed by atoms with van der Waals surface area (Å²) in [4.78, 5) is 114. The van der Waals surface area contributed by atoms with Crippen molar-refractivity contribution in [2.45, 2.75) is 413 Å². The maximum atomic E-state index is 12.1. The molecule has 0 heterocycles. The van der Waals surface area contributed by atoms with E-state index in [0.717, 1.165) is 135 Å². The van der Waals surface area contributed by atoms with Crippen LogP contribution in [-0.2, 0) is 80.4 Å². The molecule has 0 radical (unpaired) electrons. The van der Waals surface area contributed by atoms with Gasteiger partial charge in [0.1, 0.15) is 30.2 Å². The summed E-state index contributed by atoms with van der Waals surface area (Å²) in [5.41, 5.74) is -1.45. The third kappa shape index (κ3) is 45.0. The van der Waals surface area contributed by atoms with E-state index in [4.69, 9.17) is 57.3 Å². The van der Waals surface area contributed by atoms with Gasteiger partial charge in [-0.2, -0.15) is 0 Å². The molecule has 8 aliphatic rings. The average molecular weight is 1960 g/mol. The van der Waals surface area contributed by atoms with Gasteiger partial charge in [-0.05, 0) is 313 Å². The number of methoxy groups -OCH3 is 4. The summed E-state index contributed by atoms with van der Waals surface area (Å²) >= 11 is 2.15. The van der Waals surface area contributed by atoms with Crippen LogP contribution >= 0.6 is 22.6 Å². The van der Waals surface area contributed by atoms with E-state index in [1.54, 1.807) is 20.8 Å². The van der Waals surface area contributed by atoms with Crippen LogP contribution in [0.15, 0.2) is 24.3 Å². The van der Waals surface area contributed by atoms with E-state index in [9.17, 15) is 63.5 Å². The van der Waals surface area contributed by atoms with Crippen LogP contribution in [0.5, 0.6) is 0 Å². The van der Waals surface area contributed by atoms with Crippen LogP contribution in [0.3, 0.4) is 0 Å². The number of hydrogen-bond acceptors (Lipinski definition) is 25. The van der Waals surface area contributed by atoms with Gasteiger partial charge >= 0.3 is 65.4 Å². The quantitative estimate of drug-likeness (QED) is 0.00878. The van der Waals surface area contributed by atoms with Crippen molar-refractivity contribution >= 4 is 106 Å². The number of benzene rings is 1. The van der Waals surface area contributed by atoms with E-state index < -0.39 is 47.0 Å². The first-order chi connectivity index (χ1) is 57.3. The summed E-state index contributed by atoms with van der Waals surface area (Å²) in [5, 5.41) is 56.3. The number of aliphatic hydroxyl groups is 4. The number of alkyl halides is 1. The molecule has 0 spiro atoms. The Labute approximate surface area is 795 Å². The summed E-state index contributed by atoms with van der Waals surface area (Å²) in [5.74, 6) is -0.528. The van der Waals surface area contributed by atoms with E-state index in [1.807, 2.05) is 32.6 Å². The van der Waals surface area contributed by atoms with Gasteiger partial charge in [-0.1, -0.05) is 90.7 Å². The molecule has 8 fully saturated rings. The molecule has 32 heteroatoms. The third-order valence-electron chi connectivity index (χ3n) is 27.9. The van der Waals surface area contributed by atoms with Crippen LogP contribution in [0.4, 0.5) is 5.69 Å². The summed E-state index contributed by atoms with van der Waals surface area (Å²) in [7, 11) is 1.37. The number of ether oxygens (including phenoxy) is 7. The first kappa shape index (κ1) is 125. The fourth-order valence-corrected chi connectivity index (χ4v) is 19.4. The molecule has 8 saturated carbocycles. The Kier molecular flexibility index (Phi) is 57.9. The van der Waals surface area contributed by atoms with E-state index in [2.05, 4.69) is 117 Å². The smallest absolute Gasteiger partial charge is 0.870 e. The van der Waals surface area contributed by atoms with Gasteiger partial charge in [-0.15, -0.1) is 0 Å². The number of esters is 5. The number of non-ortho nitro benzene ring substituents is 1. The van der Waals surface area contributed by atoms with E-state index in [0.29, 0.717) is 114 Å². The Bertz CT molecular complexity index is 3280. The molecular weight excluding hydrogens is 1790 g/mol. The second kappa shape index (κ2) is 58.6. The van der Waals surface area contributed by atoms with Crippen molar-refractivity contribution in [3.63, 3.8) is 0 Å². The van der Waals surface area contributed by atoms with Crippen LogP contribution in [0.25, 0.3) is 0 Å². The van der Waals surface area contributed by atoms with Crippen LogP contribution in [0, 0.1) is 54.9 Å². The molecule has 9 rings (SSSR count). The van der Waals surface area contributed by atoms with Gasteiger partial charge < -0.3 is 73.0 Å². The van der Waals surface area contributed by atoms with Gasteiger partial charge in [0.25, 0.3) is 5.69 Å². The molecule has 0 aliphatic heterocycles. The van der Waals surface area contributed by atoms with Crippen molar-refractivity contribution in [1.82, 2.24) is 0 Å². The molecule has 6 N–H and O–H groups in total. The standard InChI is InChI=1S/C16H19NO6.C15H30O4Si.C15H30O2Si.C14H28O2Si.2C9H16O3.C8H14O2.C7H12O3.CH3I.Na.H2O/c1-16(15(19)22-2)9-7-13(8-10-16)23-14(18)11-3-5-12(6-4-11)17(20)21;1-15(14(16)17-2)8-6-13(7-9-15)19-12-18-10-11-20(3,4)5;1-12(16)15(5)10-8-13(9-11-15)17-18(6,7)14(2,3)4;1-11(15)12-7-9-13(10-8-12)16-17(5,6)14(2,3)4;2*1-9(8(11)12-2)5-3-7(10)4-6-9;1-6(9)7-2-4-8(10)5-3-7;8-6-3-1-5(2-4-6)7(9)10;1-2;;/h3-6,13H,7-10H2,1-2H3;13H,6-12H2,1-5H3;13H,8-11H2,1-7H3;12-13H,7-10H2,1-6H3;2*7,10H,3-6H2,1-2H3;7-8,10H,2-5H2,1H3;5-6,8H,1-4H2,(H,9,10);1H3;;1H2/q;;;;;;;;;+1;/p-1. The summed E-state index contributed by atoms with van der Waals surface area (Å²) in [6.07, 6.45) is 25.7. The van der Waals surface area contributed by atoms with Crippen molar-refractivity contribution in [3.05, 3.63) is 39.9 Å². The Morgan fingerprint density at radius 3 is 1.00 bits per heavy atom. The monoisotopic (exact) mass is 1960 g/mol. The molecule has 1 aromatic rings. The summed E-state index contributed by atoms with van der Waals surface area (Å²) in [6.45, 7) is 46.0. The number of Topliss-reactive ketones (excluding diaryl/α,β-unsaturated/α-hetero) is 3. The Balaban J connectivity index is 0. The number of nitrogens with zero attached hydrogens (tertiary/aromatic N) is 1. The topological polar surface area (TPSA) is 411 Å². The minimum Gasteiger partial charge on any atom is -0.870 e. The molecule has 0 atom stereocenters. The van der Waals surface area contributed by atoms with Crippen LogP contribution in [0.2, 0.25) is 61.9 Å². The van der Waals surface area contributed by atoms with Gasteiger partial charge in [0.2, 0.25) is 0 Å². The van der Waals surface area contributed by atoms with Crippen molar-refractivity contribution < 1.29 is 151 Å². The number of halogens is 1. The number of rotatable bonds is 21. The number of nitro groups is 1. The molecule has 8 aliphatic carbocycles. The molecule has 27 nitrogen and oxygen atoms in total. The Hall–Kier alpha value is -3.53. The molecule has 0 unspecified atom stereocenters. The fourth-order valence-electron chi connectivity index (χ4n) is 15.8. The van der Waals surface area contributed by atoms with E-state index in [1.165, 1.54) is 58.7 Å². The van der Waals surface area contributed by atoms with Gasteiger partial charge in [0, 0.05) is 56.3 Å². The largest absolute Gasteiger partial charge is 1.00 e. The first-order valence-corrected chi connectivity index (χ1v) is 57.2. The zero-order chi connectivity index (χ0) is 95.2. The molecule has 0 bridgehead atoms. The number of aliphatic carboxylic acids is 1. The second-order valence-electron chi connectivity index (χ2n) is 41.4. The number of carboxylic acids is 1. The second-order valence-corrected chi connectivity index (χ2v) is 56.5. The normalized spacial score (nSPS) is 28.9. The van der Waals surface area contributed by atoms with Crippen LogP contribution in [-0.4, -0.2) is 209 Å². The number of nitro benzene ring substituents is 1. The van der Waals surface area contributed by atoms with Gasteiger partial charge in [-0.3, -0.25) is 48.5 Å². The summed E-state index contributed by atoms with van der Waals surface area (Å²) in [6, 6.07) is 6.46. The van der Waals surface area contributed by atoms with Crippen molar-refractivity contribution in [3.8, 4) is 0 Å². The molecule has 126 heavy (non-hydrogen) atoms. The van der Waals surface area contributed by atoms with Gasteiger partial charge in [0.05, 0.1) is 97.0 Å². The first-order valence-electron chi connectivity index (χ1n) is 45.5. The fraction of sp³-hybridized carbons (Fsp3) is 0.840. The minimum atomic E-state index is -1.65. The molecule has 0 amide bonds. The number of hydrogen-bond donors (Lipinski definition) is 5. The number of carbonyl (C=O) groups is 9. The predicted molar refractivity (Wildman–Crippen MR) is 503 cm³/mol. The Morgan fingerprint density at radius 1 is 0.437 bits per heavy atom. The van der Waals surface area contributed by atoms with Crippen LogP contribution < -0.4 is 29.6 Å². The molecule has 1 aromatic carbocycles. The predicted octanol–water partition coefficient (Wildman–Crippen LogP) is 16.8. The van der Waals surface area contributed by atoms with E-state index >= 15 is 0 Å². The number of carbonyl (C=O) groups excluding carboxylic acids is 8. The van der Waals surface area contributed by atoms with Crippen molar-refractivity contribution in [2.24, 2.45) is 44.8 Å². The minimum absolute atomic E-state index is 0. The number of carboxylic acid groups (broad SMARTS) is 1. The maximum absolute atomic E-state index is 12.1. The summed E-state index contributed by atoms with van der Waals surface area (Å²) < 4.78 is 48.7. The van der Waals surface area contributed by atoms with Crippen molar-refractivity contribution in [1.29, 1.82) is 0 Å². The number of aliphatic hydroxyl groups excluding tert-OH is 4. The van der Waals surface area contributed by atoms with E-state index in [-0.39, 0.29) is 156 Å². The maximum Gasteiger partial charge on any atom is 1.00 e. The average Bonchev–Trinajstić information content (AvgIpc) is 0.811. The zero-order valence-electron chi connectivity index (χ0n) is 82.6. The number of ketones is 3. The van der Waals surface area contributed by atoms with Crippen molar-refractivity contribution in [2.75, 3.05) is 46.8 Å². The zero-order valence-corrected chi connectivity index (χ0v) is 89.7. The molecule has 726 valence electrons. The third-order valence-corrected chi connectivity index (χ3v) is 38.6. The molecule has 0 saturated heterocycles.